The summed E-state index contributed by atoms with van der Waals surface area (Å²) in [5, 5.41) is 2.71. The number of rotatable bonds is 1. The molecule has 1 heterocycles. The van der Waals surface area contributed by atoms with E-state index in [1.165, 1.54) is 19.9 Å². The zero-order chi connectivity index (χ0) is 14.9. The Hall–Kier alpha value is -1.26. The molecule has 0 saturated carbocycles. The molecule has 0 aliphatic rings. The highest BCUT2D eigenvalue weighted by Crippen LogP contribution is 2.34. The van der Waals surface area contributed by atoms with Crippen LogP contribution >= 0.6 is 0 Å². The van der Waals surface area contributed by atoms with Crippen LogP contribution in [0.2, 0.25) is 0 Å². The Kier molecular flexibility index (Phi) is 9.31. The minimum absolute atomic E-state index is 0.00171. The number of aryl methyl sites for hydroxylation is 2. The highest BCUT2D eigenvalue weighted by atomic mass is 19.4. The van der Waals surface area contributed by atoms with Gasteiger partial charge >= 0.3 is 6.18 Å². The third-order valence-corrected chi connectivity index (χ3v) is 1.94. The molecule has 106 valence electrons. The lowest BCUT2D eigenvalue weighted by atomic mass is 10.1. The Morgan fingerprint density at radius 3 is 1.78 bits per heavy atom. The van der Waals surface area contributed by atoms with Gasteiger partial charge in [0.2, 0.25) is 0 Å². The summed E-state index contributed by atoms with van der Waals surface area (Å²) in [5.41, 5.74) is -0.451. The Morgan fingerprint density at radius 1 is 1.06 bits per heavy atom. The van der Waals surface area contributed by atoms with E-state index in [0.29, 0.717) is 5.82 Å². The van der Waals surface area contributed by atoms with Crippen molar-refractivity contribution >= 4 is 5.82 Å². The van der Waals surface area contributed by atoms with E-state index in [9.17, 15) is 13.2 Å². The van der Waals surface area contributed by atoms with Crippen LogP contribution in [-0.4, -0.2) is 12.0 Å². The van der Waals surface area contributed by atoms with Gasteiger partial charge in [-0.1, -0.05) is 27.7 Å². The average Bonchev–Trinajstić information content (AvgIpc) is 2.31. The molecule has 0 saturated heterocycles. The number of pyridine rings is 1. The molecule has 0 amide bonds. The van der Waals surface area contributed by atoms with E-state index in [0.717, 1.165) is 0 Å². The van der Waals surface area contributed by atoms with Crippen molar-refractivity contribution in [1.29, 1.82) is 0 Å². The summed E-state index contributed by atoms with van der Waals surface area (Å²) in [6.45, 7) is 10.8. The van der Waals surface area contributed by atoms with Crippen LogP contribution in [-0.2, 0) is 6.18 Å². The lowest BCUT2D eigenvalue weighted by molar-refractivity contribution is -0.138. The van der Waals surface area contributed by atoms with Crippen molar-refractivity contribution in [2.45, 2.75) is 47.7 Å². The van der Waals surface area contributed by atoms with Gasteiger partial charge in [0.15, 0.2) is 0 Å². The molecule has 0 atom stereocenters. The summed E-state index contributed by atoms with van der Waals surface area (Å²) in [6.07, 6.45) is -4.33. The van der Waals surface area contributed by atoms with Crippen LogP contribution in [0.1, 0.15) is 44.5 Å². The van der Waals surface area contributed by atoms with Gasteiger partial charge in [-0.25, -0.2) is 4.98 Å². The first-order chi connectivity index (χ1) is 8.36. The van der Waals surface area contributed by atoms with Gasteiger partial charge in [0, 0.05) is 7.05 Å². The van der Waals surface area contributed by atoms with Gasteiger partial charge in [0.25, 0.3) is 0 Å². The summed E-state index contributed by atoms with van der Waals surface area (Å²) < 4.78 is 37.5. The first-order valence-corrected chi connectivity index (χ1v) is 6.09. The molecule has 0 aliphatic heterocycles. The summed E-state index contributed by atoms with van der Waals surface area (Å²) in [5.74, 6) is 0.452. The first-order valence-electron chi connectivity index (χ1n) is 6.09. The quantitative estimate of drug-likeness (QED) is 0.787. The Balaban J connectivity index is 0. The summed E-state index contributed by atoms with van der Waals surface area (Å²) in [4.78, 5) is 3.79. The van der Waals surface area contributed by atoms with Crippen molar-refractivity contribution < 1.29 is 13.2 Å². The highest BCUT2D eigenvalue weighted by Gasteiger charge is 2.35. The van der Waals surface area contributed by atoms with Gasteiger partial charge in [0.1, 0.15) is 5.82 Å². The molecule has 0 aliphatic carbocycles. The van der Waals surface area contributed by atoms with Gasteiger partial charge in [-0.05, 0) is 25.5 Å². The molecule has 0 radical (unpaired) electrons. The maximum atomic E-state index is 12.5. The molecule has 1 aromatic heterocycles. The summed E-state index contributed by atoms with van der Waals surface area (Å²) >= 11 is 0. The number of nitrogens with one attached hydrogen (secondary N) is 1. The number of alkyl halides is 3. The summed E-state index contributed by atoms with van der Waals surface area (Å²) in [7, 11) is 1.62. The maximum absolute atomic E-state index is 12.5. The standard InChI is InChI=1S/C9H11F3N2.2C2H6/c1-5-4-7(13-3)14-6(2)8(5)9(10,11)12;2*1-2/h4H,1-3H3,(H,13,14);2*1-2H3. The van der Waals surface area contributed by atoms with Gasteiger partial charge in [0.05, 0.1) is 11.3 Å². The smallest absolute Gasteiger partial charge is 0.373 e. The minimum Gasteiger partial charge on any atom is -0.373 e. The van der Waals surface area contributed by atoms with Crippen molar-refractivity contribution in [2.75, 3.05) is 12.4 Å². The third kappa shape index (κ3) is 5.38. The van der Waals surface area contributed by atoms with Crippen molar-refractivity contribution in [1.82, 2.24) is 4.98 Å². The number of nitrogens with zero attached hydrogens (tertiary/aromatic N) is 1. The fourth-order valence-corrected chi connectivity index (χ4v) is 1.39. The third-order valence-electron chi connectivity index (χ3n) is 1.94. The van der Waals surface area contributed by atoms with Crippen LogP contribution in [0.25, 0.3) is 0 Å². The average molecular weight is 264 g/mol. The lowest BCUT2D eigenvalue weighted by Gasteiger charge is -2.13. The number of halogens is 3. The molecule has 1 N–H and O–H groups in total. The van der Waals surface area contributed by atoms with Crippen LogP contribution in [0.3, 0.4) is 0 Å². The molecule has 0 spiro atoms. The molecular weight excluding hydrogens is 241 g/mol. The van der Waals surface area contributed by atoms with Crippen molar-refractivity contribution in [2.24, 2.45) is 0 Å². The Labute approximate surface area is 108 Å². The van der Waals surface area contributed by atoms with Gasteiger partial charge in [-0.2, -0.15) is 13.2 Å². The van der Waals surface area contributed by atoms with Gasteiger partial charge < -0.3 is 5.32 Å². The summed E-state index contributed by atoms with van der Waals surface area (Å²) in [6, 6.07) is 1.38. The van der Waals surface area contributed by atoms with E-state index in [1.807, 2.05) is 27.7 Å². The molecule has 0 unspecified atom stereocenters. The fourth-order valence-electron chi connectivity index (χ4n) is 1.39. The van der Waals surface area contributed by atoms with Crippen LogP contribution in [0, 0.1) is 13.8 Å². The van der Waals surface area contributed by atoms with Crippen LogP contribution in [0.5, 0.6) is 0 Å². The van der Waals surface area contributed by atoms with Crippen LogP contribution in [0.4, 0.5) is 19.0 Å². The molecule has 1 aromatic rings. The zero-order valence-corrected chi connectivity index (χ0v) is 12.2. The molecule has 1 rings (SSSR count). The second-order valence-electron chi connectivity index (χ2n) is 3.03. The van der Waals surface area contributed by atoms with Crippen LogP contribution < -0.4 is 5.32 Å². The lowest BCUT2D eigenvalue weighted by Crippen LogP contribution is -2.12. The SMILES string of the molecule is CC.CC.CNc1cc(C)c(C(F)(F)F)c(C)n1. The Bertz CT molecular complexity index is 324. The van der Waals surface area contributed by atoms with Crippen molar-refractivity contribution in [3.63, 3.8) is 0 Å². The monoisotopic (exact) mass is 264 g/mol. The first kappa shape index (κ1) is 19.1. The molecule has 0 bridgehead atoms. The van der Waals surface area contributed by atoms with E-state index in [2.05, 4.69) is 10.3 Å². The van der Waals surface area contributed by atoms with Crippen LogP contribution in [0.15, 0.2) is 6.07 Å². The second kappa shape index (κ2) is 8.78. The van der Waals surface area contributed by atoms with E-state index in [-0.39, 0.29) is 11.3 Å². The zero-order valence-electron chi connectivity index (χ0n) is 12.2. The van der Waals surface area contributed by atoms with Crippen molar-refractivity contribution in [3.8, 4) is 0 Å². The highest BCUT2D eigenvalue weighted by molar-refractivity contribution is 5.44. The fraction of sp³-hybridized carbons (Fsp3) is 0.615. The molecule has 5 heteroatoms. The second-order valence-corrected chi connectivity index (χ2v) is 3.03. The topological polar surface area (TPSA) is 24.9 Å². The molecule has 0 fully saturated rings. The molecule has 0 aromatic carbocycles. The predicted octanol–water partition coefficient (Wildman–Crippen LogP) is 4.81. The molecule has 2 nitrogen and oxygen atoms in total. The van der Waals surface area contributed by atoms with Crippen molar-refractivity contribution in [3.05, 3.63) is 22.9 Å². The molecular formula is C13H23F3N2. The number of anilines is 1. The Morgan fingerprint density at radius 2 is 1.50 bits per heavy atom. The number of hydrogen-bond acceptors (Lipinski definition) is 2. The normalized spacial score (nSPS) is 9.67. The molecule has 18 heavy (non-hydrogen) atoms. The number of hydrogen-bond donors (Lipinski definition) is 1. The van der Waals surface area contributed by atoms with E-state index in [4.69, 9.17) is 0 Å². The van der Waals surface area contributed by atoms with E-state index < -0.39 is 11.7 Å². The van der Waals surface area contributed by atoms with Gasteiger partial charge in [-0.15, -0.1) is 0 Å². The van der Waals surface area contributed by atoms with E-state index in [1.54, 1.807) is 7.05 Å². The minimum atomic E-state index is -4.33. The van der Waals surface area contributed by atoms with Gasteiger partial charge in [-0.3, -0.25) is 0 Å². The maximum Gasteiger partial charge on any atom is 0.418 e. The number of aromatic nitrogens is 1. The largest absolute Gasteiger partial charge is 0.418 e. The predicted molar refractivity (Wildman–Crippen MR) is 71.0 cm³/mol. The van der Waals surface area contributed by atoms with E-state index >= 15 is 0 Å².